The molecule has 0 saturated carbocycles. The first-order valence-electron chi connectivity index (χ1n) is 4.60. The van der Waals surface area contributed by atoms with E-state index in [2.05, 4.69) is 22.0 Å². The lowest BCUT2D eigenvalue weighted by Gasteiger charge is -2.17. The Balaban J connectivity index is 2.15. The van der Waals surface area contributed by atoms with Crippen molar-refractivity contribution in [3.63, 3.8) is 0 Å². The van der Waals surface area contributed by atoms with Gasteiger partial charge in [0.2, 0.25) is 5.89 Å². The Labute approximate surface area is 76.9 Å². The van der Waals surface area contributed by atoms with Crippen LogP contribution in [0.25, 0.3) is 0 Å². The monoisotopic (exact) mass is 182 g/mol. The maximum absolute atomic E-state index is 5.38. The number of hydrogen-bond acceptors (Lipinski definition) is 5. The maximum atomic E-state index is 5.38. The van der Waals surface area contributed by atoms with Gasteiger partial charge in [0.05, 0.1) is 6.54 Å². The van der Waals surface area contributed by atoms with Gasteiger partial charge in [0, 0.05) is 12.6 Å². The normalized spacial score (nSPS) is 22.6. The van der Waals surface area contributed by atoms with E-state index in [0.29, 0.717) is 24.5 Å². The van der Waals surface area contributed by atoms with Gasteiger partial charge in [-0.05, 0) is 19.8 Å². The summed E-state index contributed by atoms with van der Waals surface area (Å²) in [5.74, 6) is 0.508. The summed E-state index contributed by atoms with van der Waals surface area (Å²) in [6.45, 7) is 3.49. The molecule has 5 heteroatoms. The molecule has 0 aromatic carbocycles. The van der Waals surface area contributed by atoms with Crippen molar-refractivity contribution in [2.45, 2.75) is 32.4 Å². The average Bonchev–Trinajstić information content (AvgIpc) is 2.71. The van der Waals surface area contributed by atoms with Gasteiger partial charge in [-0.1, -0.05) is 5.10 Å². The molecule has 1 aromatic heterocycles. The minimum atomic E-state index is 0.315. The summed E-state index contributed by atoms with van der Waals surface area (Å²) in [4.78, 5) is 2.13. The summed E-state index contributed by atoms with van der Waals surface area (Å²) >= 11 is 0. The fourth-order valence-electron chi connectivity index (χ4n) is 1.66. The summed E-state index contributed by atoms with van der Waals surface area (Å²) in [5, 5.41) is 7.78. The van der Waals surface area contributed by atoms with Gasteiger partial charge in [0.25, 0.3) is 0 Å². The largest absolute Gasteiger partial charge is 0.407 e. The van der Waals surface area contributed by atoms with Crippen molar-refractivity contribution in [2.24, 2.45) is 5.73 Å². The molecule has 1 unspecified atom stereocenters. The molecule has 1 aromatic rings. The minimum absolute atomic E-state index is 0.315. The number of hydrogen-bond donors (Lipinski definition) is 1. The summed E-state index contributed by atoms with van der Waals surface area (Å²) in [5.41, 5.74) is 5.38. The molecule has 2 N–H and O–H groups in total. The van der Waals surface area contributed by atoms with Gasteiger partial charge in [0.15, 0.2) is 0 Å². The van der Waals surface area contributed by atoms with Crippen LogP contribution in [-0.2, 0) is 6.54 Å². The van der Waals surface area contributed by atoms with Crippen LogP contribution in [-0.4, -0.2) is 22.8 Å². The van der Waals surface area contributed by atoms with Crippen LogP contribution in [0.15, 0.2) is 4.42 Å². The highest BCUT2D eigenvalue weighted by molar-refractivity contribution is 5.27. The highest BCUT2D eigenvalue weighted by Crippen LogP contribution is 2.23. The Bertz CT molecular complexity index is 285. The number of nitrogens with zero attached hydrogens (tertiary/aromatic N) is 3. The molecular weight excluding hydrogens is 168 g/mol. The Morgan fingerprint density at radius 2 is 2.46 bits per heavy atom. The van der Waals surface area contributed by atoms with Crippen molar-refractivity contribution in [1.82, 2.24) is 10.2 Å². The van der Waals surface area contributed by atoms with E-state index in [4.69, 9.17) is 10.2 Å². The summed E-state index contributed by atoms with van der Waals surface area (Å²) in [6, 6.07) is 1.12. The Hall–Kier alpha value is -1.10. The predicted molar refractivity (Wildman–Crippen MR) is 48.2 cm³/mol. The van der Waals surface area contributed by atoms with E-state index in [-0.39, 0.29) is 0 Å². The second-order valence-electron chi connectivity index (χ2n) is 3.37. The first-order chi connectivity index (χ1) is 6.31. The first kappa shape index (κ1) is 8.50. The van der Waals surface area contributed by atoms with Crippen LogP contribution in [0, 0.1) is 0 Å². The Kier molecular flexibility index (Phi) is 2.18. The first-order valence-corrected chi connectivity index (χ1v) is 4.60. The zero-order valence-electron chi connectivity index (χ0n) is 7.73. The van der Waals surface area contributed by atoms with Gasteiger partial charge in [-0.3, -0.25) is 0 Å². The van der Waals surface area contributed by atoms with Gasteiger partial charge in [-0.25, -0.2) is 0 Å². The number of rotatable bonds is 2. The number of nitrogens with two attached hydrogens (primary N) is 1. The van der Waals surface area contributed by atoms with Gasteiger partial charge >= 0.3 is 6.01 Å². The molecule has 1 aliphatic heterocycles. The number of anilines is 1. The molecule has 0 aliphatic carbocycles. The lowest BCUT2D eigenvalue weighted by Crippen LogP contribution is -2.26. The van der Waals surface area contributed by atoms with Crippen LogP contribution < -0.4 is 10.6 Å². The SMILES string of the molecule is CC1CCCN1c1nnc(CN)o1. The van der Waals surface area contributed by atoms with E-state index in [1.54, 1.807) is 0 Å². The van der Waals surface area contributed by atoms with Crippen LogP contribution in [0.5, 0.6) is 0 Å². The Morgan fingerprint density at radius 1 is 1.62 bits per heavy atom. The third-order valence-corrected chi connectivity index (χ3v) is 2.43. The fraction of sp³-hybridized carbons (Fsp3) is 0.750. The van der Waals surface area contributed by atoms with Crippen LogP contribution >= 0.6 is 0 Å². The summed E-state index contributed by atoms with van der Waals surface area (Å²) in [7, 11) is 0. The molecule has 0 radical (unpaired) electrons. The molecule has 72 valence electrons. The smallest absolute Gasteiger partial charge is 0.318 e. The highest BCUT2D eigenvalue weighted by Gasteiger charge is 2.24. The van der Waals surface area contributed by atoms with E-state index in [1.165, 1.54) is 12.8 Å². The van der Waals surface area contributed by atoms with Crippen LogP contribution in [0.1, 0.15) is 25.7 Å². The van der Waals surface area contributed by atoms with Gasteiger partial charge in [-0.15, -0.1) is 5.10 Å². The van der Waals surface area contributed by atoms with E-state index in [9.17, 15) is 0 Å². The Morgan fingerprint density at radius 3 is 3.00 bits per heavy atom. The van der Waals surface area contributed by atoms with Crippen LogP contribution in [0.3, 0.4) is 0 Å². The summed E-state index contributed by atoms with van der Waals surface area (Å²) < 4.78 is 5.37. The molecule has 2 heterocycles. The maximum Gasteiger partial charge on any atom is 0.318 e. The molecule has 0 amide bonds. The van der Waals surface area contributed by atoms with Crippen molar-refractivity contribution in [3.8, 4) is 0 Å². The topological polar surface area (TPSA) is 68.2 Å². The van der Waals surface area contributed by atoms with Crippen molar-refractivity contribution >= 4 is 6.01 Å². The van der Waals surface area contributed by atoms with Crippen molar-refractivity contribution in [1.29, 1.82) is 0 Å². The second kappa shape index (κ2) is 3.33. The molecule has 0 bridgehead atoms. The molecule has 2 rings (SSSR count). The molecule has 1 atom stereocenters. The molecule has 1 saturated heterocycles. The van der Waals surface area contributed by atoms with E-state index >= 15 is 0 Å². The second-order valence-corrected chi connectivity index (χ2v) is 3.37. The molecular formula is C8H14N4O. The molecule has 1 fully saturated rings. The van der Waals surface area contributed by atoms with E-state index < -0.39 is 0 Å². The molecule has 1 aliphatic rings. The lowest BCUT2D eigenvalue weighted by molar-refractivity contribution is 0.482. The van der Waals surface area contributed by atoms with Gasteiger partial charge < -0.3 is 15.1 Å². The average molecular weight is 182 g/mol. The third-order valence-electron chi connectivity index (χ3n) is 2.43. The van der Waals surface area contributed by atoms with Crippen LogP contribution in [0.2, 0.25) is 0 Å². The predicted octanol–water partition coefficient (Wildman–Crippen LogP) is 0.517. The highest BCUT2D eigenvalue weighted by atomic mass is 16.4. The van der Waals surface area contributed by atoms with Crippen molar-refractivity contribution in [3.05, 3.63) is 5.89 Å². The zero-order chi connectivity index (χ0) is 9.26. The van der Waals surface area contributed by atoms with E-state index in [0.717, 1.165) is 6.54 Å². The minimum Gasteiger partial charge on any atom is -0.407 e. The summed E-state index contributed by atoms with van der Waals surface area (Å²) in [6.07, 6.45) is 2.39. The van der Waals surface area contributed by atoms with E-state index in [1.807, 2.05) is 0 Å². The standard InChI is InChI=1S/C8H14N4O/c1-6-3-2-4-12(6)8-11-10-7(5-9)13-8/h6H,2-5,9H2,1H3. The third kappa shape index (κ3) is 1.51. The van der Waals surface area contributed by atoms with Gasteiger partial charge in [-0.2, -0.15) is 0 Å². The van der Waals surface area contributed by atoms with Crippen molar-refractivity contribution < 1.29 is 4.42 Å². The number of aromatic nitrogens is 2. The molecule has 5 nitrogen and oxygen atoms in total. The molecule has 0 spiro atoms. The van der Waals surface area contributed by atoms with Crippen LogP contribution in [0.4, 0.5) is 6.01 Å². The zero-order valence-corrected chi connectivity index (χ0v) is 7.73. The van der Waals surface area contributed by atoms with Gasteiger partial charge in [0.1, 0.15) is 0 Å². The lowest BCUT2D eigenvalue weighted by atomic mass is 10.2. The molecule has 13 heavy (non-hydrogen) atoms. The van der Waals surface area contributed by atoms with Crippen molar-refractivity contribution in [2.75, 3.05) is 11.4 Å². The fourth-order valence-corrected chi connectivity index (χ4v) is 1.66. The quantitative estimate of drug-likeness (QED) is 0.722.